The van der Waals surface area contributed by atoms with Crippen molar-refractivity contribution in [2.75, 3.05) is 12.4 Å². The Hall–Kier alpha value is -4.06. The number of anilines is 1. The maximum atomic E-state index is 6.66. The van der Waals surface area contributed by atoms with E-state index in [0.29, 0.717) is 5.95 Å². The summed E-state index contributed by atoms with van der Waals surface area (Å²) in [7, 11) is 1.69. The molecular weight excluding hydrogens is 400 g/mol. The molecule has 6 nitrogen and oxygen atoms in total. The third kappa shape index (κ3) is 2.80. The average molecular weight is 422 g/mol. The van der Waals surface area contributed by atoms with Gasteiger partial charge >= 0.3 is 0 Å². The topological polar surface area (TPSA) is 61.2 Å². The number of aryl methyl sites for hydroxylation is 1. The SMILES string of the molecule is COc1ccccc1[C@@H]1Oc2ccccc2C2=C1[C@@H](c1ccc(C)cc1)n1ncnc1N2. The second-order valence-electron chi connectivity index (χ2n) is 8.03. The molecule has 0 radical (unpaired) electrons. The number of aromatic nitrogens is 3. The molecule has 3 heterocycles. The van der Waals surface area contributed by atoms with Gasteiger partial charge < -0.3 is 14.8 Å². The van der Waals surface area contributed by atoms with Gasteiger partial charge in [0, 0.05) is 16.7 Å². The van der Waals surface area contributed by atoms with Crippen molar-refractivity contribution in [3.8, 4) is 11.5 Å². The molecule has 0 spiro atoms. The Bertz CT molecular complexity index is 1340. The van der Waals surface area contributed by atoms with Crippen LogP contribution < -0.4 is 14.8 Å². The van der Waals surface area contributed by atoms with E-state index in [1.54, 1.807) is 13.4 Å². The maximum absolute atomic E-state index is 6.66. The number of ether oxygens (including phenoxy) is 2. The van der Waals surface area contributed by atoms with Gasteiger partial charge in [0.05, 0.1) is 12.8 Å². The Balaban J connectivity index is 1.64. The van der Waals surface area contributed by atoms with E-state index in [-0.39, 0.29) is 12.1 Å². The van der Waals surface area contributed by atoms with Gasteiger partial charge in [0.2, 0.25) is 5.95 Å². The molecule has 0 fully saturated rings. The minimum Gasteiger partial charge on any atom is -0.496 e. The van der Waals surface area contributed by atoms with E-state index in [1.165, 1.54) is 5.56 Å². The summed E-state index contributed by atoms with van der Waals surface area (Å²) >= 11 is 0. The summed E-state index contributed by atoms with van der Waals surface area (Å²) in [5.41, 5.74) is 6.41. The first kappa shape index (κ1) is 18.7. The molecule has 2 aliphatic rings. The zero-order chi connectivity index (χ0) is 21.7. The van der Waals surface area contributed by atoms with Crippen LogP contribution in [0.4, 0.5) is 5.95 Å². The minimum absolute atomic E-state index is 0.174. The normalized spacial score (nSPS) is 18.7. The van der Waals surface area contributed by atoms with Crippen LogP contribution in [0.5, 0.6) is 11.5 Å². The van der Waals surface area contributed by atoms with Crippen molar-refractivity contribution in [3.05, 3.63) is 107 Å². The number of rotatable bonds is 3. The van der Waals surface area contributed by atoms with Crippen LogP contribution in [-0.4, -0.2) is 21.9 Å². The summed E-state index contributed by atoms with van der Waals surface area (Å²) in [5, 5.41) is 8.11. The summed E-state index contributed by atoms with van der Waals surface area (Å²) in [6.07, 6.45) is 1.24. The number of fused-ring (bicyclic) bond motifs is 3. The fourth-order valence-electron chi connectivity index (χ4n) is 4.63. The molecule has 6 heteroatoms. The van der Waals surface area contributed by atoms with Gasteiger partial charge in [-0.05, 0) is 30.7 Å². The molecule has 158 valence electrons. The lowest BCUT2D eigenvalue weighted by Gasteiger charge is -2.39. The highest BCUT2D eigenvalue weighted by Crippen LogP contribution is 2.51. The molecule has 2 aliphatic heterocycles. The molecule has 0 saturated heterocycles. The molecule has 0 saturated carbocycles. The summed E-state index contributed by atoms with van der Waals surface area (Å²) in [6.45, 7) is 2.09. The van der Waals surface area contributed by atoms with Gasteiger partial charge in [-0.15, -0.1) is 0 Å². The molecule has 0 unspecified atom stereocenters. The van der Waals surface area contributed by atoms with Crippen molar-refractivity contribution in [2.45, 2.75) is 19.1 Å². The van der Waals surface area contributed by atoms with E-state index < -0.39 is 0 Å². The van der Waals surface area contributed by atoms with Gasteiger partial charge in [0.15, 0.2) is 6.10 Å². The number of methoxy groups -OCH3 is 1. The highest BCUT2D eigenvalue weighted by Gasteiger charge is 2.41. The van der Waals surface area contributed by atoms with E-state index in [1.807, 2.05) is 41.1 Å². The van der Waals surface area contributed by atoms with Gasteiger partial charge in [0.25, 0.3) is 0 Å². The Morgan fingerprint density at radius 1 is 0.969 bits per heavy atom. The third-order valence-corrected chi connectivity index (χ3v) is 6.14. The summed E-state index contributed by atoms with van der Waals surface area (Å²) in [5.74, 6) is 2.32. The molecule has 2 atom stereocenters. The second kappa shape index (κ2) is 7.27. The lowest BCUT2D eigenvalue weighted by Crippen LogP contribution is -2.32. The van der Waals surface area contributed by atoms with E-state index in [0.717, 1.165) is 39.5 Å². The van der Waals surface area contributed by atoms with Gasteiger partial charge in [-0.1, -0.05) is 60.2 Å². The molecular formula is C26H22N4O2. The van der Waals surface area contributed by atoms with Crippen molar-refractivity contribution >= 4 is 11.6 Å². The van der Waals surface area contributed by atoms with E-state index in [2.05, 4.69) is 58.7 Å². The average Bonchev–Trinajstić information content (AvgIpc) is 3.31. The molecule has 1 aromatic heterocycles. The molecule has 6 rings (SSSR count). The molecule has 1 N–H and O–H groups in total. The summed E-state index contributed by atoms with van der Waals surface area (Å²) < 4.78 is 14.3. The Labute approximate surface area is 186 Å². The predicted molar refractivity (Wildman–Crippen MR) is 123 cm³/mol. The number of nitrogens with zero attached hydrogens (tertiary/aromatic N) is 3. The van der Waals surface area contributed by atoms with Crippen LogP contribution in [0, 0.1) is 6.92 Å². The van der Waals surface area contributed by atoms with Crippen LogP contribution >= 0.6 is 0 Å². The van der Waals surface area contributed by atoms with Crippen LogP contribution in [0.2, 0.25) is 0 Å². The summed E-state index contributed by atoms with van der Waals surface area (Å²) in [6, 6.07) is 24.5. The molecule has 0 bridgehead atoms. The van der Waals surface area contributed by atoms with Crippen molar-refractivity contribution < 1.29 is 9.47 Å². The number of hydrogen-bond acceptors (Lipinski definition) is 5. The molecule has 0 amide bonds. The number of benzene rings is 3. The quantitative estimate of drug-likeness (QED) is 0.494. The summed E-state index contributed by atoms with van der Waals surface area (Å²) in [4.78, 5) is 4.49. The van der Waals surface area contributed by atoms with Crippen molar-refractivity contribution in [3.63, 3.8) is 0 Å². The molecule has 3 aromatic carbocycles. The first-order valence-corrected chi connectivity index (χ1v) is 10.6. The Morgan fingerprint density at radius 2 is 1.75 bits per heavy atom. The van der Waals surface area contributed by atoms with Gasteiger partial charge in [-0.25, -0.2) is 4.68 Å². The smallest absolute Gasteiger partial charge is 0.226 e. The fourth-order valence-corrected chi connectivity index (χ4v) is 4.63. The van der Waals surface area contributed by atoms with Crippen LogP contribution in [0.25, 0.3) is 5.70 Å². The fraction of sp³-hybridized carbons (Fsp3) is 0.154. The Morgan fingerprint density at radius 3 is 2.59 bits per heavy atom. The van der Waals surface area contributed by atoms with Crippen molar-refractivity contribution in [1.82, 2.24) is 14.8 Å². The maximum Gasteiger partial charge on any atom is 0.226 e. The lowest BCUT2D eigenvalue weighted by atomic mass is 9.84. The standard InChI is InChI=1S/C26H22N4O2/c1-16-11-13-17(14-12-16)24-22-23(29-26-27-15-28-30(24)26)18-7-3-6-10-21(18)32-25(22)19-8-4-5-9-20(19)31-2/h3-15,24-25H,1-2H3,(H,27,28,29)/t24-,25+/m1/s1. The zero-order valence-corrected chi connectivity index (χ0v) is 17.8. The molecule has 32 heavy (non-hydrogen) atoms. The first-order chi connectivity index (χ1) is 15.7. The van der Waals surface area contributed by atoms with Gasteiger partial charge in [0.1, 0.15) is 23.9 Å². The van der Waals surface area contributed by atoms with Gasteiger partial charge in [-0.3, -0.25) is 0 Å². The molecule has 0 aliphatic carbocycles. The van der Waals surface area contributed by atoms with Crippen molar-refractivity contribution in [2.24, 2.45) is 0 Å². The van der Waals surface area contributed by atoms with Crippen molar-refractivity contribution in [1.29, 1.82) is 0 Å². The third-order valence-electron chi connectivity index (χ3n) is 6.14. The largest absolute Gasteiger partial charge is 0.496 e. The zero-order valence-electron chi connectivity index (χ0n) is 17.8. The van der Waals surface area contributed by atoms with Crippen LogP contribution in [-0.2, 0) is 0 Å². The Kier molecular flexibility index (Phi) is 4.24. The minimum atomic E-state index is -0.354. The highest BCUT2D eigenvalue weighted by molar-refractivity contribution is 5.85. The first-order valence-electron chi connectivity index (χ1n) is 10.6. The highest BCUT2D eigenvalue weighted by atomic mass is 16.5. The van der Waals surface area contributed by atoms with Crippen LogP contribution in [0.15, 0.2) is 84.7 Å². The van der Waals surface area contributed by atoms with Crippen LogP contribution in [0.3, 0.4) is 0 Å². The van der Waals surface area contributed by atoms with E-state index >= 15 is 0 Å². The monoisotopic (exact) mass is 422 g/mol. The number of para-hydroxylation sites is 2. The van der Waals surface area contributed by atoms with Gasteiger partial charge in [-0.2, -0.15) is 10.1 Å². The number of nitrogens with one attached hydrogen (secondary N) is 1. The molecule has 4 aromatic rings. The van der Waals surface area contributed by atoms with Crippen LogP contribution in [0.1, 0.15) is 34.4 Å². The van der Waals surface area contributed by atoms with E-state index in [4.69, 9.17) is 9.47 Å². The second-order valence-corrected chi connectivity index (χ2v) is 8.03. The number of hydrogen-bond donors (Lipinski definition) is 1. The van der Waals surface area contributed by atoms with E-state index in [9.17, 15) is 0 Å². The lowest BCUT2D eigenvalue weighted by molar-refractivity contribution is 0.217. The predicted octanol–water partition coefficient (Wildman–Crippen LogP) is 5.16.